The van der Waals surface area contributed by atoms with E-state index in [2.05, 4.69) is 5.32 Å². The van der Waals surface area contributed by atoms with Crippen LogP contribution in [0.4, 0.5) is 0 Å². The molecule has 0 aliphatic carbocycles. The van der Waals surface area contributed by atoms with Crippen molar-refractivity contribution in [2.45, 2.75) is 19.9 Å². The normalized spacial score (nSPS) is 22.9. The average Bonchev–Trinajstić information content (AvgIpc) is 2.18. The third-order valence-corrected chi connectivity index (χ3v) is 2.44. The number of nitrogens with one attached hydrogen (secondary N) is 1. The molecule has 0 bridgehead atoms. The minimum atomic E-state index is 0.0763. The molecule has 0 aromatic carbocycles. The van der Waals surface area contributed by atoms with Gasteiger partial charge in [-0.05, 0) is 7.05 Å². The van der Waals surface area contributed by atoms with Crippen LogP contribution < -0.4 is 5.32 Å². The number of morpholine rings is 1. The fourth-order valence-corrected chi connectivity index (χ4v) is 1.68. The second kappa shape index (κ2) is 5.32. The van der Waals surface area contributed by atoms with E-state index in [1.54, 1.807) is 0 Å². The third-order valence-electron chi connectivity index (χ3n) is 2.44. The van der Waals surface area contributed by atoms with Crippen molar-refractivity contribution in [3.8, 4) is 0 Å². The number of hydrogen-bond donors (Lipinski definition) is 1. The second-order valence-electron chi connectivity index (χ2n) is 3.97. The van der Waals surface area contributed by atoms with E-state index < -0.39 is 0 Å². The lowest BCUT2D eigenvalue weighted by Crippen LogP contribution is -2.53. The Morgan fingerprint density at radius 3 is 2.93 bits per heavy atom. The standard InChI is InChI=1S/C10H20N2O2/c1-8(2)10(13)12-4-5-14-7-9(12)6-11-3/h8-9,11H,4-7H2,1-3H3/t9-/m1/s1. The maximum absolute atomic E-state index is 11.8. The predicted molar refractivity (Wildman–Crippen MR) is 55.1 cm³/mol. The average molecular weight is 200 g/mol. The number of ether oxygens (including phenoxy) is 1. The first kappa shape index (κ1) is 11.5. The van der Waals surface area contributed by atoms with Crippen LogP contribution in [-0.4, -0.2) is 50.2 Å². The molecule has 1 fully saturated rings. The molecule has 82 valence electrons. The van der Waals surface area contributed by atoms with Gasteiger partial charge in [0.2, 0.25) is 5.91 Å². The molecule has 0 aromatic heterocycles. The molecule has 1 aliphatic heterocycles. The summed E-state index contributed by atoms with van der Waals surface area (Å²) in [6.07, 6.45) is 0. The van der Waals surface area contributed by atoms with Crippen molar-refractivity contribution in [1.29, 1.82) is 0 Å². The van der Waals surface area contributed by atoms with Crippen LogP contribution >= 0.6 is 0 Å². The van der Waals surface area contributed by atoms with Crippen LogP contribution in [0.5, 0.6) is 0 Å². The molecule has 4 nitrogen and oxygen atoms in total. The molecule has 1 aliphatic rings. The third kappa shape index (κ3) is 2.69. The fourth-order valence-electron chi connectivity index (χ4n) is 1.68. The molecule has 1 atom stereocenters. The zero-order chi connectivity index (χ0) is 10.6. The highest BCUT2D eigenvalue weighted by Crippen LogP contribution is 2.10. The van der Waals surface area contributed by atoms with Crippen LogP contribution in [0.3, 0.4) is 0 Å². The van der Waals surface area contributed by atoms with Gasteiger partial charge in [0, 0.05) is 19.0 Å². The Labute approximate surface area is 85.6 Å². The van der Waals surface area contributed by atoms with Crippen molar-refractivity contribution in [3.63, 3.8) is 0 Å². The molecular weight excluding hydrogens is 180 g/mol. The first-order valence-corrected chi connectivity index (χ1v) is 5.19. The number of carbonyl (C=O) groups excluding carboxylic acids is 1. The van der Waals surface area contributed by atoms with Gasteiger partial charge >= 0.3 is 0 Å². The van der Waals surface area contributed by atoms with Gasteiger partial charge in [-0.1, -0.05) is 13.8 Å². The van der Waals surface area contributed by atoms with Crippen LogP contribution in [0.1, 0.15) is 13.8 Å². The lowest BCUT2D eigenvalue weighted by atomic mass is 10.1. The topological polar surface area (TPSA) is 41.6 Å². The number of amides is 1. The molecule has 1 rings (SSSR count). The number of hydrogen-bond acceptors (Lipinski definition) is 3. The van der Waals surface area contributed by atoms with Crippen molar-refractivity contribution in [2.24, 2.45) is 5.92 Å². The van der Waals surface area contributed by atoms with Crippen LogP contribution in [0.2, 0.25) is 0 Å². The van der Waals surface area contributed by atoms with E-state index in [1.807, 2.05) is 25.8 Å². The summed E-state index contributed by atoms with van der Waals surface area (Å²) in [5, 5.41) is 3.09. The molecule has 0 spiro atoms. The van der Waals surface area contributed by atoms with E-state index in [4.69, 9.17) is 4.74 Å². The Morgan fingerprint density at radius 2 is 2.36 bits per heavy atom. The van der Waals surface area contributed by atoms with E-state index >= 15 is 0 Å². The van der Waals surface area contributed by atoms with Gasteiger partial charge in [0.1, 0.15) is 0 Å². The molecule has 14 heavy (non-hydrogen) atoms. The van der Waals surface area contributed by atoms with Gasteiger partial charge in [0.05, 0.1) is 19.3 Å². The van der Waals surface area contributed by atoms with Crippen LogP contribution in [-0.2, 0) is 9.53 Å². The maximum Gasteiger partial charge on any atom is 0.225 e. The van der Waals surface area contributed by atoms with E-state index in [9.17, 15) is 4.79 Å². The molecule has 1 N–H and O–H groups in total. The van der Waals surface area contributed by atoms with Gasteiger partial charge in [-0.25, -0.2) is 0 Å². The number of rotatable bonds is 3. The highest BCUT2D eigenvalue weighted by Gasteiger charge is 2.27. The number of carbonyl (C=O) groups is 1. The van der Waals surface area contributed by atoms with Gasteiger partial charge in [-0.15, -0.1) is 0 Å². The maximum atomic E-state index is 11.8. The van der Waals surface area contributed by atoms with E-state index in [-0.39, 0.29) is 17.9 Å². The SMILES string of the molecule is CNC[C@@H]1COCCN1C(=O)C(C)C. The molecule has 0 unspecified atom stereocenters. The summed E-state index contributed by atoms with van der Waals surface area (Å²) >= 11 is 0. The molecule has 1 heterocycles. The Balaban J connectivity index is 2.57. The Morgan fingerprint density at radius 1 is 1.64 bits per heavy atom. The lowest BCUT2D eigenvalue weighted by Gasteiger charge is -2.36. The molecule has 0 saturated carbocycles. The van der Waals surface area contributed by atoms with Crippen LogP contribution in [0.15, 0.2) is 0 Å². The Bertz CT molecular complexity index is 193. The van der Waals surface area contributed by atoms with Gasteiger partial charge in [0.15, 0.2) is 0 Å². The quantitative estimate of drug-likeness (QED) is 0.702. The monoisotopic (exact) mass is 200 g/mol. The summed E-state index contributed by atoms with van der Waals surface area (Å²) in [7, 11) is 1.90. The molecular formula is C10H20N2O2. The van der Waals surface area contributed by atoms with Gasteiger partial charge in [-0.3, -0.25) is 4.79 Å². The van der Waals surface area contributed by atoms with Crippen molar-refractivity contribution in [1.82, 2.24) is 10.2 Å². The van der Waals surface area contributed by atoms with Crippen molar-refractivity contribution < 1.29 is 9.53 Å². The van der Waals surface area contributed by atoms with E-state index in [1.165, 1.54) is 0 Å². The zero-order valence-electron chi connectivity index (χ0n) is 9.25. The van der Waals surface area contributed by atoms with Crippen molar-refractivity contribution >= 4 is 5.91 Å². The predicted octanol–water partition coefficient (Wildman–Crippen LogP) is 0.0892. The molecule has 1 amide bonds. The van der Waals surface area contributed by atoms with E-state index in [0.29, 0.717) is 13.2 Å². The molecule has 0 radical (unpaired) electrons. The lowest BCUT2D eigenvalue weighted by molar-refractivity contribution is -0.142. The first-order valence-electron chi connectivity index (χ1n) is 5.19. The van der Waals surface area contributed by atoms with Gasteiger partial charge in [-0.2, -0.15) is 0 Å². The van der Waals surface area contributed by atoms with Crippen LogP contribution in [0.25, 0.3) is 0 Å². The second-order valence-corrected chi connectivity index (χ2v) is 3.97. The van der Waals surface area contributed by atoms with Crippen molar-refractivity contribution in [3.05, 3.63) is 0 Å². The molecule has 0 aromatic rings. The summed E-state index contributed by atoms with van der Waals surface area (Å²) in [4.78, 5) is 13.8. The van der Waals surface area contributed by atoms with Gasteiger partial charge < -0.3 is 15.0 Å². The summed E-state index contributed by atoms with van der Waals surface area (Å²) in [6.45, 7) is 6.72. The Hall–Kier alpha value is -0.610. The summed E-state index contributed by atoms with van der Waals surface area (Å²) in [6, 6.07) is 0.198. The number of nitrogens with zero attached hydrogens (tertiary/aromatic N) is 1. The van der Waals surface area contributed by atoms with Crippen molar-refractivity contribution in [2.75, 3.05) is 33.4 Å². The fraction of sp³-hybridized carbons (Fsp3) is 0.900. The molecule has 4 heteroatoms. The van der Waals surface area contributed by atoms with Gasteiger partial charge in [0.25, 0.3) is 0 Å². The minimum Gasteiger partial charge on any atom is -0.377 e. The summed E-state index contributed by atoms with van der Waals surface area (Å²) in [5.74, 6) is 0.306. The Kier molecular flexibility index (Phi) is 4.35. The highest BCUT2D eigenvalue weighted by molar-refractivity contribution is 5.78. The molecule has 1 saturated heterocycles. The summed E-state index contributed by atoms with van der Waals surface area (Å²) in [5.41, 5.74) is 0. The largest absolute Gasteiger partial charge is 0.377 e. The minimum absolute atomic E-state index is 0.0763. The highest BCUT2D eigenvalue weighted by atomic mass is 16.5. The summed E-state index contributed by atoms with van der Waals surface area (Å²) < 4.78 is 5.36. The van der Waals surface area contributed by atoms with Crippen LogP contribution in [0, 0.1) is 5.92 Å². The smallest absolute Gasteiger partial charge is 0.225 e. The van der Waals surface area contributed by atoms with E-state index in [0.717, 1.165) is 13.1 Å². The zero-order valence-corrected chi connectivity index (χ0v) is 9.25. The first-order chi connectivity index (χ1) is 6.66. The number of likely N-dealkylation sites (N-methyl/N-ethyl adjacent to an activating group) is 1.